The molecule has 4 aromatic rings. The van der Waals surface area contributed by atoms with E-state index in [2.05, 4.69) is 33.3 Å². The van der Waals surface area contributed by atoms with Gasteiger partial charge in [-0.15, -0.1) is 5.10 Å². The van der Waals surface area contributed by atoms with Gasteiger partial charge in [-0.25, -0.2) is 14.5 Å². The van der Waals surface area contributed by atoms with Gasteiger partial charge in [-0.1, -0.05) is 11.8 Å². The lowest BCUT2D eigenvalue weighted by atomic mass is 10.2. The fourth-order valence-electron chi connectivity index (χ4n) is 2.49. The summed E-state index contributed by atoms with van der Waals surface area (Å²) >= 11 is 1.53. The first-order valence-corrected chi connectivity index (χ1v) is 7.79. The number of thioether (sulfide) groups is 1. The second kappa shape index (κ2) is 4.60. The summed E-state index contributed by atoms with van der Waals surface area (Å²) in [6.07, 6.45) is 7.73. The molecular formula is C15H13N5S. The van der Waals surface area contributed by atoms with Gasteiger partial charge in [-0.3, -0.25) is 0 Å². The average Bonchev–Trinajstić information content (AvgIpc) is 3.10. The Labute approximate surface area is 125 Å². The minimum absolute atomic E-state index is 0.758. The van der Waals surface area contributed by atoms with Crippen LogP contribution in [0, 0.1) is 0 Å². The molecule has 0 saturated carbocycles. The number of nitrogens with zero attached hydrogens (tertiary/aromatic N) is 5. The first kappa shape index (κ1) is 12.4. The Morgan fingerprint density at radius 2 is 2.00 bits per heavy atom. The summed E-state index contributed by atoms with van der Waals surface area (Å²) in [6.45, 7) is 0. The van der Waals surface area contributed by atoms with E-state index in [-0.39, 0.29) is 0 Å². The zero-order valence-corrected chi connectivity index (χ0v) is 12.5. The summed E-state index contributed by atoms with van der Waals surface area (Å²) in [6, 6.07) is 8.30. The van der Waals surface area contributed by atoms with Crippen LogP contribution in [0.25, 0.3) is 27.8 Å². The van der Waals surface area contributed by atoms with E-state index >= 15 is 0 Å². The van der Waals surface area contributed by atoms with Crippen molar-refractivity contribution in [1.82, 2.24) is 24.1 Å². The fraction of sp³-hybridized carbons (Fsp3) is 0.133. The molecule has 0 unspecified atom stereocenters. The molecule has 5 nitrogen and oxygen atoms in total. The summed E-state index contributed by atoms with van der Waals surface area (Å²) in [5, 5.41) is 6.44. The molecule has 0 atom stereocenters. The molecule has 0 bridgehead atoms. The Bertz CT molecular complexity index is 953. The van der Waals surface area contributed by atoms with E-state index in [0.29, 0.717) is 0 Å². The molecule has 0 saturated heterocycles. The Morgan fingerprint density at radius 3 is 2.86 bits per heavy atom. The maximum Gasteiger partial charge on any atom is 0.207 e. The second-order valence-electron chi connectivity index (χ2n) is 4.86. The van der Waals surface area contributed by atoms with Crippen LogP contribution < -0.4 is 0 Å². The van der Waals surface area contributed by atoms with E-state index < -0.39 is 0 Å². The molecule has 0 N–H and O–H groups in total. The van der Waals surface area contributed by atoms with Crippen LogP contribution in [0.4, 0.5) is 0 Å². The van der Waals surface area contributed by atoms with Gasteiger partial charge in [-0.2, -0.15) is 0 Å². The van der Waals surface area contributed by atoms with Gasteiger partial charge in [0.2, 0.25) is 5.16 Å². The molecule has 0 aliphatic carbocycles. The number of aromatic nitrogens is 5. The van der Waals surface area contributed by atoms with Gasteiger partial charge in [0.1, 0.15) is 5.65 Å². The van der Waals surface area contributed by atoms with Gasteiger partial charge in [0.05, 0.1) is 17.4 Å². The average molecular weight is 295 g/mol. The SMILES string of the molecule is CSc1ncc2ccc(-c3cnc4c(ccn4C)c3)n2n1. The van der Waals surface area contributed by atoms with Crippen molar-refractivity contribution < 1.29 is 0 Å². The van der Waals surface area contributed by atoms with E-state index in [1.807, 2.05) is 47.0 Å². The van der Waals surface area contributed by atoms with Gasteiger partial charge >= 0.3 is 0 Å². The highest BCUT2D eigenvalue weighted by molar-refractivity contribution is 7.98. The highest BCUT2D eigenvalue weighted by atomic mass is 32.2. The lowest BCUT2D eigenvalue weighted by Crippen LogP contribution is -1.98. The predicted molar refractivity (Wildman–Crippen MR) is 84.5 cm³/mol. The first-order valence-electron chi connectivity index (χ1n) is 6.56. The smallest absolute Gasteiger partial charge is 0.207 e. The molecule has 0 fully saturated rings. The normalized spacial score (nSPS) is 11.5. The maximum atomic E-state index is 4.55. The van der Waals surface area contributed by atoms with E-state index in [9.17, 15) is 0 Å². The number of pyridine rings is 1. The summed E-state index contributed by atoms with van der Waals surface area (Å²) < 4.78 is 3.94. The van der Waals surface area contributed by atoms with Crippen molar-refractivity contribution >= 4 is 28.3 Å². The summed E-state index contributed by atoms with van der Waals surface area (Å²) in [4.78, 5) is 8.84. The Morgan fingerprint density at radius 1 is 1.10 bits per heavy atom. The summed E-state index contributed by atoms with van der Waals surface area (Å²) in [5.41, 5.74) is 4.05. The van der Waals surface area contributed by atoms with E-state index in [0.717, 1.165) is 33.0 Å². The number of fused-ring (bicyclic) bond motifs is 2. The highest BCUT2D eigenvalue weighted by Crippen LogP contribution is 2.25. The standard InChI is InChI=1S/C15H13N5S/c1-19-6-5-10-7-11(8-16-14(10)19)13-4-3-12-9-17-15(21-2)18-20(12)13/h3-9H,1-2H3. The van der Waals surface area contributed by atoms with Crippen molar-refractivity contribution in [3.8, 4) is 11.3 Å². The minimum Gasteiger partial charge on any atom is -0.336 e. The van der Waals surface area contributed by atoms with Crippen LogP contribution in [-0.4, -0.2) is 30.4 Å². The molecule has 0 aromatic carbocycles. The maximum absolute atomic E-state index is 4.55. The summed E-state index contributed by atoms with van der Waals surface area (Å²) in [7, 11) is 2.00. The van der Waals surface area contributed by atoms with Crippen molar-refractivity contribution in [3.05, 3.63) is 42.9 Å². The third-order valence-corrected chi connectivity index (χ3v) is 4.11. The largest absolute Gasteiger partial charge is 0.336 e. The van der Waals surface area contributed by atoms with Crippen LogP contribution in [-0.2, 0) is 7.05 Å². The van der Waals surface area contributed by atoms with Crippen LogP contribution in [0.2, 0.25) is 0 Å². The molecule has 4 aromatic heterocycles. The lowest BCUT2D eigenvalue weighted by Gasteiger charge is -2.04. The molecule has 0 aliphatic heterocycles. The van der Waals surface area contributed by atoms with Crippen molar-refractivity contribution in [2.75, 3.05) is 6.26 Å². The molecule has 4 rings (SSSR count). The molecular weight excluding hydrogens is 282 g/mol. The van der Waals surface area contributed by atoms with Gasteiger partial charge in [0.25, 0.3) is 0 Å². The number of hydrogen-bond donors (Lipinski definition) is 0. The molecule has 0 amide bonds. The Hall–Kier alpha value is -2.34. The number of rotatable bonds is 2. The van der Waals surface area contributed by atoms with Crippen LogP contribution in [0.5, 0.6) is 0 Å². The monoisotopic (exact) mass is 295 g/mol. The lowest BCUT2D eigenvalue weighted by molar-refractivity contribution is 0.803. The third kappa shape index (κ3) is 1.91. The van der Waals surface area contributed by atoms with Crippen LogP contribution in [0.15, 0.2) is 48.0 Å². The van der Waals surface area contributed by atoms with Gasteiger partial charge in [-0.05, 0) is 30.5 Å². The van der Waals surface area contributed by atoms with Crippen LogP contribution in [0.1, 0.15) is 0 Å². The molecule has 0 aliphatic rings. The van der Waals surface area contributed by atoms with Crippen molar-refractivity contribution in [3.63, 3.8) is 0 Å². The van der Waals surface area contributed by atoms with E-state index in [1.54, 1.807) is 0 Å². The minimum atomic E-state index is 0.758. The molecule has 0 spiro atoms. The van der Waals surface area contributed by atoms with Gasteiger partial charge < -0.3 is 4.57 Å². The Kier molecular flexibility index (Phi) is 2.71. The third-order valence-electron chi connectivity index (χ3n) is 3.56. The zero-order chi connectivity index (χ0) is 14.4. The molecule has 21 heavy (non-hydrogen) atoms. The van der Waals surface area contributed by atoms with Crippen molar-refractivity contribution in [2.45, 2.75) is 5.16 Å². The molecule has 4 heterocycles. The quantitative estimate of drug-likeness (QED) is 0.533. The Balaban J connectivity index is 1.94. The first-order chi connectivity index (χ1) is 10.3. The van der Waals surface area contributed by atoms with Crippen LogP contribution >= 0.6 is 11.8 Å². The van der Waals surface area contributed by atoms with Gasteiger partial charge in [0, 0.05) is 30.4 Å². The van der Waals surface area contributed by atoms with Crippen molar-refractivity contribution in [2.24, 2.45) is 7.05 Å². The molecule has 0 radical (unpaired) electrons. The summed E-state index contributed by atoms with van der Waals surface area (Å²) in [5.74, 6) is 0. The predicted octanol–water partition coefficient (Wildman–Crippen LogP) is 3.00. The van der Waals surface area contributed by atoms with E-state index in [1.165, 1.54) is 11.8 Å². The number of aryl methyl sites for hydroxylation is 1. The molecule has 6 heteroatoms. The van der Waals surface area contributed by atoms with E-state index in [4.69, 9.17) is 0 Å². The van der Waals surface area contributed by atoms with Gasteiger partial charge in [0.15, 0.2) is 0 Å². The molecule has 104 valence electrons. The van der Waals surface area contributed by atoms with Crippen LogP contribution in [0.3, 0.4) is 0 Å². The topological polar surface area (TPSA) is 48.0 Å². The fourth-order valence-corrected chi connectivity index (χ4v) is 2.81. The zero-order valence-electron chi connectivity index (χ0n) is 11.7. The highest BCUT2D eigenvalue weighted by Gasteiger charge is 2.09. The second-order valence-corrected chi connectivity index (χ2v) is 5.64. The van der Waals surface area contributed by atoms with Crippen molar-refractivity contribution in [1.29, 1.82) is 0 Å². The number of hydrogen-bond acceptors (Lipinski definition) is 4.